The Bertz CT molecular complexity index is 1020. The van der Waals surface area contributed by atoms with Crippen molar-refractivity contribution in [2.45, 2.75) is 57.6 Å². The van der Waals surface area contributed by atoms with Crippen LogP contribution in [0.2, 0.25) is 0 Å². The van der Waals surface area contributed by atoms with Gasteiger partial charge in [-0.2, -0.15) is 0 Å². The molecule has 0 bridgehead atoms. The second kappa shape index (κ2) is 11.4. The zero-order valence-corrected chi connectivity index (χ0v) is 20.5. The van der Waals surface area contributed by atoms with E-state index in [0.717, 1.165) is 22.3 Å². The van der Waals surface area contributed by atoms with E-state index >= 15 is 0 Å². The smallest absolute Gasteiger partial charge is 0.407 e. The minimum Gasteiger partial charge on any atom is -0.481 e. The highest BCUT2D eigenvalue weighted by Gasteiger charge is 2.32. The van der Waals surface area contributed by atoms with Gasteiger partial charge in [-0.15, -0.1) is 0 Å². The minimum atomic E-state index is -1.13. The molecule has 0 fully saturated rings. The molecule has 8 heteroatoms. The van der Waals surface area contributed by atoms with E-state index in [9.17, 15) is 19.5 Å². The predicted octanol–water partition coefficient (Wildman–Crippen LogP) is 3.77. The molecule has 0 heterocycles. The molecule has 2 aromatic rings. The summed E-state index contributed by atoms with van der Waals surface area (Å²) in [6, 6.07) is 14.9. The molecule has 1 aliphatic rings. The SMILES string of the molecule is CCCN(CC(C)(C)O)C(=O)C(CCC(=O)O)NC(=O)OCC1c2ccccc2-c2ccccc21. The van der Waals surface area contributed by atoms with Crippen molar-refractivity contribution in [2.75, 3.05) is 19.7 Å². The number of carbonyl (C=O) groups is 3. The number of carbonyl (C=O) groups excluding carboxylic acids is 2. The Labute approximate surface area is 205 Å². The third-order valence-electron chi connectivity index (χ3n) is 5.96. The standard InChI is InChI=1S/C27H34N2O6/c1-4-15-29(17-27(2,3)34)25(32)23(13-14-24(30)31)28-26(33)35-16-22-20-11-7-5-9-18(20)19-10-6-8-12-21(19)22/h5-12,22-23,34H,4,13-17H2,1-3H3,(H,28,33)(H,30,31). The summed E-state index contributed by atoms with van der Waals surface area (Å²) in [5, 5.41) is 21.9. The molecule has 35 heavy (non-hydrogen) atoms. The number of ether oxygens (including phenoxy) is 1. The molecular weight excluding hydrogens is 448 g/mol. The van der Waals surface area contributed by atoms with Crippen molar-refractivity contribution >= 4 is 18.0 Å². The van der Waals surface area contributed by atoms with Gasteiger partial charge in [-0.3, -0.25) is 9.59 Å². The van der Waals surface area contributed by atoms with Crippen LogP contribution in [-0.2, 0) is 14.3 Å². The van der Waals surface area contributed by atoms with Gasteiger partial charge in [0, 0.05) is 25.4 Å². The highest BCUT2D eigenvalue weighted by atomic mass is 16.5. The Balaban J connectivity index is 1.71. The van der Waals surface area contributed by atoms with Crippen LogP contribution in [-0.4, -0.2) is 64.4 Å². The number of aliphatic carboxylic acids is 1. The van der Waals surface area contributed by atoms with Gasteiger partial charge in [-0.05, 0) is 48.9 Å². The number of benzene rings is 2. The van der Waals surface area contributed by atoms with Crippen molar-refractivity contribution in [3.63, 3.8) is 0 Å². The van der Waals surface area contributed by atoms with Crippen molar-refractivity contribution in [3.05, 3.63) is 59.7 Å². The summed E-state index contributed by atoms with van der Waals surface area (Å²) >= 11 is 0. The lowest BCUT2D eigenvalue weighted by molar-refractivity contribution is -0.139. The largest absolute Gasteiger partial charge is 0.481 e. The number of aliphatic hydroxyl groups is 1. The molecule has 188 valence electrons. The lowest BCUT2D eigenvalue weighted by Gasteiger charge is -2.32. The normalized spacial score (nSPS) is 13.5. The topological polar surface area (TPSA) is 116 Å². The Kier molecular flexibility index (Phi) is 8.51. The van der Waals surface area contributed by atoms with Crippen LogP contribution in [0.15, 0.2) is 48.5 Å². The van der Waals surface area contributed by atoms with Gasteiger partial charge in [0.25, 0.3) is 0 Å². The summed E-state index contributed by atoms with van der Waals surface area (Å²) in [5.41, 5.74) is 3.21. The van der Waals surface area contributed by atoms with Gasteiger partial charge in [-0.1, -0.05) is 55.5 Å². The van der Waals surface area contributed by atoms with Crippen LogP contribution in [0.1, 0.15) is 57.1 Å². The molecule has 0 saturated heterocycles. The van der Waals surface area contributed by atoms with Crippen molar-refractivity contribution in [2.24, 2.45) is 0 Å². The lowest BCUT2D eigenvalue weighted by Crippen LogP contribution is -2.52. The molecule has 3 rings (SSSR count). The second-order valence-corrected chi connectivity index (χ2v) is 9.53. The van der Waals surface area contributed by atoms with Crippen LogP contribution in [0, 0.1) is 0 Å². The molecule has 1 unspecified atom stereocenters. The number of hydrogen-bond donors (Lipinski definition) is 3. The van der Waals surface area contributed by atoms with E-state index in [-0.39, 0.29) is 31.9 Å². The first kappa shape index (κ1) is 26.2. The first-order chi connectivity index (χ1) is 16.6. The predicted molar refractivity (Wildman–Crippen MR) is 132 cm³/mol. The van der Waals surface area contributed by atoms with E-state index in [1.165, 1.54) is 4.90 Å². The Hall–Kier alpha value is -3.39. The summed E-state index contributed by atoms with van der Waals surface area (Å²) in [6.07, 6.45) is -0.499. The minimum absolute atomic E-state index is 0.0651. The number of nitrogens with zero attached hydrogens (tertiary/aromatic N) is 1. The molecule has 2 aromatic carbocycles. The van der Waals surface area contributed by atoms with E-state index in [1.807, 2.05) is 55.5 Å². The third kappa shape index (κ3) is 6.82. The molecule has 1 atom stereocenters. The summed E-state index contributed by atoms with van der Waals surface area (Å²) in [6.45, 7) is 5.61. The summed E-state index contributed by atoms with van der Waals surface area (Å²) in [7, 11) is 0. The summed E-state index contributed by atoms with van der Waals surface area (Å²) in [4.78, 5) is 38.6. The average molecular weight is 483 g/mol. The Morgan fingerprint density at radius 2 is 1.63 bits per heavy atom. The maximum absolute atomic E-state index is 13.2. The Morgan fingerprint density at radius 1 is 1.06 bits per heavy atom. The van der Waals surface area contributed by atoms with Gasteiger partial charge in [0.1, 0.15) is 12.6 Å². The van der Waals surface area contributed by atoms with Crippen molar-refractivity contribution < 1.29 is 29.3 Å². The van der Waals surface area contributed by atoms with Crippen LogP contribution < -0.4 is 5.32 Å². The fraction of sp³-hybridized carbons (Fsp3) is 0.444. The molecule has 0 aliphatic heterocycles. The number of carboxylic acid groups (broad SMARTS) is 1. The molecule has 8 nitrogen and oxygen atoms in total. The van der Waals surface area contributed by atoms with Gasteiger partial charge in [-0.25, -0.2) is 4.79 Å². The van der Waals surface area contributed by atoms with Crippen LogP contribution >= 0.6 is 0 Å². The van der Waals surface area contributed by atoms with Gasteiger partial charge >= 0.3 is 12.1 Å². The number of hydrogen-bond acceptors (Lipinski definition) is 5. The number of fused-ring (bicyclic) bond motifs is 3. The number of amides is 2. The first-order valence-corrected chi connectivity index (χ1v) is 11.9. The van der Waals surface area contributed by atoms with Crippen molar-refractivity contribution in [3.8, 4) is 11.1 Å². The second-order valence-electron chi connectivity index (χ2n) is 9.53. The molecular formula is C27H34N2O6. The van der Waals surface area contributed by atoms with Crippen molar-refractivity contribution in [1.29, 1.82) is 0 Å². The molecule has 0 radical (unpaired) electrons. The highest BCUT2D eigenvalue weighted by molar-refractivity contribution is 5.86. The fourth-order valence-corrected chi connectivity index (χ4v) is 4.53. The fourth-order valence-electron chi connectivity index (χ4n) is 4.53. The molecule has 0 spiro atoms. The van der Waals surface area contributed by atoms with Crippen LogP contribution in [0.25, 0.3) is 11.1 Å². The third-order valence-corrected chi connectivity index (χ3v) is 5.96. The Morgan fingerprint density at radius 3 is 2.14 bits per heavy atom. The van der Waals surface area contributed by atoms with Crippen LogP contribution in [0.4, 0.5) is 4.79 Å². The zero-order chi connectivity index (χ0) is 25.6. The van der Waals surface area contributed by atoms with E-state index in [1.54, 1.807) is 13.8 Å². The molecule has 3 N–H and O–H groups in total. The monoisotopic (exact) mass is 482 g/mol. The number of rotatable bonds is 11. The summed E-state index contributed by atoms with van der Waals surface area (Å²) < 4.78 is 5.55. The van der Waals surface area contributed by atoms with Gasteiger partial charge < -0.3 is 25.2 Å². The first-order valence-electron chi connectivity index (χ1n) is 11.9. The van der Waals surface area contributed by atoms with Gasteiger partial charge in [0.2, 0.25) is 5.91 Å². The van der Waals surface area contributed by atoms with E-state index in [2.05, 4.69) is 5.32 Å². The summed E-state index contributed by atoms with van der Waals surface area (Å²) in [5.74, 6) is -1.64. The number of nitrogens with one attached hydrogen (secondary N) is 1. The number of carboxylic acids is 1. The van der Waals surface area contributed by atoms with E-state index in [0.29, 0.717) is 13.0 Å². The molecule has 0 aromatic heterocycles. The van der Waals surface area contributed by atoms with E-state index < -0.39 is 29.6 Å². The highest BCUT2D eigenvalue weighted by Crippen LogP contribution is 2.44. The quantitative estimate of drug-likeness (QED) is 0.449. The van der Waals surface area contributed by atoms with Gasteiger partial charge in [0.05, 0.1) is 5.60 Å². The lowest BCUT2D eigenvalue weighted by atomic mass is 9.98. The number of alkyl carbamates (subject to hydrolysis) is 1. The van der Waals surface area contributed by atoms with Crippen LogP contribution in [0.5, 0.6) is 0 Å². The van der Waals surface area contributed by atoms with Gasteiger partial charge in [0.15, 0.2) is 0 Å². The average Bonchev–Trinajstić information content (AvgIpc) is 3.12. The van der Waals surface area contributed by atoms with Crippen LogP contribution in [0.3, 0.4) is 0 Å². The molecule has 1 aliphatic carbocycles. The van der Waals surface area contributed by atoms with Crippen molar-refractivity contribution in [1.82, 2.24) is 10.2 Å². The maximum atomic E-state index is 13.2. The molecule has 2 amide bonds. The zero-order valence-electron chi connectivity index (χ0n) is 20.5. The van der Waals surface area contributed by atoms with E-state index in [4.69, 9.17) is 9.84 Å². The maximum Gasteiger partial charge on any atom is 0.407 e. The molecule has 0 saturated carbocycles.